The van der Waals surface area contributed by atoms with Crippen LogP contribution in [0.15, 0.2) is 11.6 Å². The Kier molecular flexibility index (Phi) is 11.7. The van der Waals surface area contributed by atoms with Gasteiger partial charge in [0.05, 0.1) is 31.4 Å². The smallest absolute Gasteiger partial charge is 0.315 e. The molecule has 0 aromatic rings. The lowest BCUT2D eigenvalue weighted by Gasteiger charge is -2.58. The number of aliphatic hydroxyl groups is 1. The Morgan fingerprint density at radius 1 is 1.02 bits per heavy atom. The Balaban J connectivity index is 0.807. The number of thioether (sulfide) groups is 1. The Bertz CT molecular complexity index is 1200. The summed E-state index contributed by atoms with van der Waals surface area (Å²) < 4.78 is 5.66. The molecule has 2 unspecified atom stereocenters. The van der Waals surface area contributed by atoms with Crippen molar-refractivity contribution in [3.05, 3.63) is 11.6 Å². The standard InChI is InChI=1S/C38H62N4O5S/c1-24(28-11-12-29-27-10-9-25-22-26(43)14-16-37(25,2)30(27)15-17-38(28,29)3)8-13-34(45)40-19-21-47-20-18-39-33(44)7-5-4-6-32-35-31(23-48-32)41-36(46)42-35/h9,24,26-32,35,43H,4-8,10-23H2,1-3H3,(H,39,44)(H,40,45)(H2,41,42,46)/t24?,26-,27?,28+,29-,30-,31-,32-,35-,37-,38+/m0/s1. The van der Waals surface area contributed by atoms with Crippen molar-refractivity contribution in [3.8, 4) is 0 Å². The van der Waals surface area contributed by atoms with Crippen LogP contribution in [-0.4, -0.2) is 78.4 Å². The van der Waals surface area contributed by atoms with Crippen molar-refractivity contribution >= 4 is 29.6 Å². The molecule has 270 valence electrons. The number of unbranched alkanes of at least 4 members (excludes halogenated alkanes) is 1. The van der Waals surface area contributed by atoms with Gasteiger partial charge >= 0.3 is 6.03 Å². The largest absolute Gasteiger partial charge is 0.393 e. The van der Waals surface area contributed by atoms with Crippen LogP contribution < -0.4 is 21.3 Å². The normalized spacial score (nSPS) is 38.8. The lowest BCUT2D eigenvalue weighted by Crippen LogP contribution is -2.50. The van der Waals surface area contributed by atoms with Crippen molar-refractivity contribution in [1.29, 1.82) is 0 Å². The Morgan fingerprint density at radius 3 is 2.58 bits per heavy atom. The average Bonchev–Trinajstić information content (AvgIpc) is 3.73. The molecule has 4 amide bonds. The molecule has 9 nitrogen and oxygen atoms in total. The predicted molar refractivity (Wildman–Crippen MR) is 190 cm³/mol. The van der Waals surface area contributed by atoms with Gasteiger partial charge in [-0.1, -0.05) is 38.8 Å². The van der Waals surface area contributed by atoms with Crippen molar-refractivity contribution in [2.24, 2.45) is 40.4 Å². The van der Waals surface area contributed by atoms with Crippen LogP contribution in [0.5, 0.6) is 0 Å². The van der Waals surface area contributed by atoms with Crippen LogP contribution in [0.2, 0.25) is 0 Å². The zero-order valence-electron chi connectivity index (χ0n) is 29.7. The minimum absolute atomic E-state index is 0.0493. The minimum Gasteiger partial charge on any atom is -0.393 e. The number of aliphatic hydroxyl groups excluding tert-OH is 1. The van der Waals surface area contributed by atoms with Crippen LogP contribution in [0.25, 0.3) is 0 Å². The van der Waals surface area contributed by atoms with Gasteiger partial charge in [0, 0.05) is 36.9 Å². The molecule has 5 N–H and O–H groups in total. The van der Waals surface area contributed by atoms with E-state index in [4.69, 9.17) is 4.74 Å². The van der Waals surface area contributed by atoms with Gasteiger partial charge in [-0.25, -0.2) is 4.79 Å². The SMILES string of the molecule is CC(CCC(=O)NCCOCCNC(=O)CCCC[C@@H]1SC[C@@H]2NC(=O)N[C@@H]21)[C@H]1CC[C@H]2C3CC=C4C[C@@H](O)CC[C@]4(C)[C@H]3CC[C@]12C. The summed E-state index contributed by atoms with van der Waals surface area (Å²) in [7, 11) is 0. The zero-order valence-corrected chi connectivity index (χ0v) is 30.5. The highest BCUT2D eigenvalue weighted by atomic mass is 32.2. The van der Waals surface area contributed by atoms with Gasteiger partial charge in [0.2, 0.25) is 11.8 Å². The third-order valence-corrected chi connectivity index (χ3v) is 15.4. The van der Waals surface area contributed by atoms with Crippen LogP contribution in [0.1, 0.15) is 111 Å². The van der Waals surface area contributed by atoms with Crippen molar-refractivity contribution in [2.45, 2.75) is 134 Å². The number of rotatable bonds is 15. The Labute approximate surface area is 292 Å². The summed E-state index contributed by atoms with van der Waals surface area (Å²) in [4.78, 5) is 36.4. The fourth-order valence-corrected chi connectivity index (χ4v) is 12.8. The number of hydrogen-bond donors (Lipinski definition) is 5. The highest BCUT2D eigenvalue weighted by Crippen LogP contribution is 2.67. The fraction of sp³-hybridized carbons (Fsp3) is 0.868. The van der Waals surface area contributed by atoms with E-state index in [9.17, 15) is 19.5 Å². The molecule has 48 heavy (non-hydrogen) atoms. The molecule has 2 aliphatic heterocycles. The first-order valence-electron chi connectivity index (χ1n) is 19.3. The van der Waals surface area contributed by atoms with E-state index < -0.39 is 0 Å². The van der Waals surface area contributed by atoms with Crippen LogP contribution >= 0.6 is 11.8 Å². The number of amides is 4. The Morgan fingerprint density at radius 2 is 1.79 bits per heavy atom. The van der Waals surface area contributed by atoms with E-state index in [1.807, 2.05) is 11.8 Å². The molecule has 0 bridgehead atoms. The van der Waals surface area contributed by atoms with Gasteiger partial charge in [0.15, 0.2) is 0 Å². The van der Waals surface area contributed by atoms with Crippen molar-refractivity contribution < 1.29 is 24.2 Å². The number of nitrogens with one attached hydrogen (secondary N) is 4. The lowest BCUT2D eigenvalue weighted by atomic mass is 9.47. The van der Waals surface area contributed by atoms with E-state index in [2.05, 4.69) is 48.1 Å². The molecular formula is C38H62N4O5S. The summed E-state index contributed by atoms with van der Waals surface area (Å²) in [6, 6.07) is 0.418. The number of hydrogen-bond acceptors (Lipinski definition) is 6. The lowest BCUT2D eigenvalue weighted by molar-refractivity contribution is -0.122. The molecule has 4 aliphatic carbocycles. The van der Waals surface area contributed by atoms with Gasteiger partial charge in [0.25, 0.3) is 0 Å². The fourth-order valence-electron chi connectivity index (χ4n) is 11.3. The monoisotopic (exact) mass is 686 g/mol. The van der Waals surface area contributed by atoms with Crippen LogP contribution in [0.4, 0.5) is 4.79 Å². The van der Waals surface area contributed by atoms with E-state index in [1.165, 1.54) is 32.1 Å². The maximum Gasteiger partial charge on any atom is 0.315 e. The molecular weight excluding hydrogens is 625 g/mol. The van der Waals surface area contributed by atoms with Gasteiger partial charge in [-0.2, -0.15) is 11.8 Å². The first-order chi connectivity index (χ1) is 23.1. The second-order valence-electron chi connectivity index (χ2n) is 16.6. The predicted octanol–water partition coefficient (Wildman–Crippen LogP) is 5.32. The van der Waals surface area contributed by atoms with Gasteiger partial charge in [0.1, 0.15) is 0 Å². The quantitative estimate of drug-likeness (QED) is 0.0902. The van der Waals surface area contributed by atoms with Crippen molar-refractivity contribution in [1.82, 2.24) is 21.3 Å². The summed E-state index contributed by atoms with van der Waals surface area (Å²) in [5, 5.41) is 22.7. The molecule has 0 aromatic heterocycles. The summed E-state index contributed by atoms with van der Waals surface area (Å²) in [5.41, 5.74) is 2.22. The van der Waals surface area contributed by atoms with Crippen LogP contribution in [-0.2, 0) is 14.3 Å². The molecule has 0 aromatic carbocycles. The number of urea groups is 1. The third-order valence-electron chi connectivity index (χ3n) is 13.9. The summed E-state index contributed by atoms with van der Waals surface area (Å²) >= 11 is 1.91. The molecule has 3 saturated carbocycles. The van der Waals surface area contributed by atoms with Gasteiger partial charge < -0.3 is 31.1 Å². The molecule has 0 spiro atoms. The number of fused-ring (bicyclic) bond motifs is 6. The number of ether oxygens (including phenoxy) is 1. The van der Waals surface area contributed by atoms with Gasteiger partial charge in [-0.05, 0) is 111 Å². The van der Waals surface area contributed by atoms with E-state index in [0.717, 1.165) is 68.5 Å². The highest BCUT2D eigenvalue weighted by molar-refractivity contribution is 8.00. The Hall–Kier alpha value is -1.78. The number of allylic oxidation sites excluding steroid dienone is 1. The molecule has 2 saturated heterocycles. The van der Waals surface area contributed by atoms with E-state index in [-0.39, 0.29) is 41.4 Å². The topological polar surface area (TPSA) is 129 Å². The highest BCUT2D eigenvalue weighted by Gasteiger charge is 2.59. The second-order valence-corrected chi connectivity index (χ2v) is 17.9. The molecule has 6 aliphatic rings. The summed E-state index contributed by atoms with van der Waals surface area (Å²) in [6.07, 6.45) is 16.7. The van der Waals surface area contributed by atoms with Crippen LogP contribution in [0, 0.1) is 40.4 Å². The second kappa shape index (κ2) is 15.6. The van der Waals surface area contributed by atoms with Crippen LogP contribution in [0.3, 0.4) is 0 Å². The van der Waals surface area contributed by atoms with Gasteiger partial charge in [-0.3, -0.25) is 9.59 Å². The first-order valence-corrected chi connectivity index (χ1v) is 20.3. The molecule has 10 heteroatoms. The zero-order chi connectivity index (χ0) is 33.9. The average molecular weight is 687 g/mol. The molecule has 2 heterocycles. The molecule has 11 atom stereocenters. The number of carbonyl (C=O) groups is 3. The minimum atomic E-state index is -0.143. The molecule has 0 radical (unpaired) electrons. The first kappa shape index (κ1) is 36.0. The van der Waals surface area contributed by atoms with Gasteiger partial charge in [-0.15, -0.1) is 0 Å². The number of carbonyl (C=O) groups excluding carboxylic acids is 3. The van der Waals surface area contributed by atoms with E-state index in [0.29, 0.717) is 61.6 Å². The molecule has 6 rings (SSSR count). The summed E-state index contributed by atoms with van der Waals surface area (Å²) in [6.45, 7) is 9.33. The maximum absolute atomic E-state index is 12.7. The third kappa shape index (κ3) is 7.75. The van der Waals surface area contributed by atoms with E-state index in [1.54, 1.807) is 5.57 Å². The van der Waals surface area contributed by atoms with Crippen molar-refractivity contribution in [3.63, 3.8) is 0 Å². The maximum atomic E-state index is 12.7. The van der Waals surface area contributed by atoms with E-state index >= 15 is 0 Å². The van der Waals surface area contributed by atoms with Crippen molar-refractivity contribution in [2.75, 3.05) is 32.1 Å². The molecule has 5 fully saturated rings. The summed E-state index contributed by atoms with van der Waals surface area (Å²) in [5.74, 6) is 4.68.